The Kier molecular flexibility index (Phi) is 6.23. The van der Waals surface area contributed by atoms with Crippen LogP contribution in [0.15, 0.2) is 60.7 Å². The Morgan fingerprint density at radius 1 is 0.833 bits per heavy atom. The highest BCUT2D eigenvalue weighted by molar-refractivity contribution is 6.00. The van der Waals surface area contributed by atoms with Crippen molar-refractivity contribution in [3.05, 3.63) is 66.2 Å². The first-order chi connectivity index (χ1) is 14.7. The van der Waals surface area contributed by atoms with E-state index in [-0.39, 0.29) is 6.03 Å². The molecule has 0 unspecified atom stereocenters. The van der Waals surface area contributed by atoms with Gasteiger partial charge in [-0.1, -0.05) is 42.7 Å². The van der Waals surface area contributed by atoms with Crippen LogP contribution in [-0.4, -0.2) is 29.3 Å². The van der Waals surface area contributed by atoms with Crippen molar-refractivity contribution >= 4 is 23.2 Å². The zero-order chi connectivity index (χ0) is 20.8. The third kappa shape index (κ3) is 5.14. The van der Waals surface area contributed by atoms with Crippen molar-refractivity contribution in [1.82, 2.24) is 10.2 Å². The van der Waals surface area contributed by atoms with E-state index in [2.05, 4.69) is 25.7 Å². The average molecular weight is 402 g/mol. The standard InChI is InChI=1S/C24H27N5O/c1-18-9-11-20(12-10-18)25-24(30)26-21-8-6-7-19(17-21)22-13-14-23(28-27-22)29-15-4-2-3-5-16-29/h6-14,17H,2-5,15-16H2,1H3,(H2,25,26,30). The van der Waals surface area contributed by atoms with Gasteiger partial charge >= 0.3 is 6.03 Å². The molecule has 154 valence electrons. The van der Waals surface area contributed by atoms with Crippen LogP contribution < -0.4 is 15.5 Å². The number of benzene rings is 2. The number of aryl methyl sites for hydroxylation is 1. The number of aromatic nitrogens is 2. The molecule has 2 aromatic carbocycles. The predicted octanol–water partition coefficient (Wildman–Crippen LogP) is 5.48. The number of carbonyl (C=O) groups excluding carboxylic acids is 1. The summed E-state index contributed by atoms with van der Waals surface area (Å²) >= 11 is 0. The molecular formula is C24H27N5O. The van der Waals surface area contributed by atoms with Gasteiger partial charge in [-0.05, 0) is 56.2 Å². The molecule has 30 heavy (non-hydrogen) atoms. The van der Waals surface area contributed by atoms with Gasteiger partial charge < -0.3 is 15.5 Å². The fourth-order valence-electron chi connectivity index (χ4n) is 3.63. The van der Waals surface area contributed by atoms with Gasteiger partial charge in [-0.3, -0.25) is 0 Å². The highest BCUT2D eigenvalue weighted by atomic mass is 16.2. The predicted molar refractivity (Wildman–Crippen MR) is 122 cm³/mol. The zero-order valence-electron chi connectivity index (χ0n) is 17.3. The first kappa shape index (κ1) is 19.9. The summed E-state index contributed by atoms with van der Waals surface area (Å²) in [7, 11) is 0. The van der Waals surface area contributed by atoms with Crippen molar-refractivity contribution in [2.75, 3.05) is 28.6 Å². The molecule has 4 rings (SSSR count). The number of nitrogens with zero attached hydrogens (tertiary/aromatic N) is 3. The van der Waals surface area contributed by atoms with Gasteiger partial charge in [-0.2, -0.15) is 0 Å². The lowest BCUT2D eigenvalue weighted by molar-refractivity contribution is 0.262. The molecule has 1 aliphatic rings. The van der Waals surface area contributed by atoms with E-state index in [1.165, 1.54) is 25.7 Å². The van der Waals surface area contributed by atoms with Crippen LogP contribution in [0, 0.1) is 6.92 Å². The molecule has 2 amide bonds. The van der Waals surface area contributed by atoms with Gasteiger partial charge in [0.15, 0.2) is 5.82 Å². The Morgan fingerprint density at radius 2 is 1.57 bits per heavy atom. The summed E-state index contributed by atoms with van der Waals surface area (Å²) in [5, 5.41) is 14.6. The molecule has 1 aromatic heterocycles. The summed E-state index contributed by atoms with van der Waals surface area (Å²) in [6, 6.07) is 19.1. The molecule has 1 fully saturated rings. The summed E-state index contributed by atoms with van der Waals surface area (Å²) < 4.78 is 0. The van der Waals surface area contributed by atoms with E-state index in [1.54, 1.807) is 0 Å². The molecular weight excluding hydrogens is 374 g/mol. The van der Waals surface area contributed by atoms with E-state index in [4.69, 9.17) is 0 Å². The summed E-state index contributed by atoms with van der Waals surface area (Å²) in [5.74, 6) is 0.937. The Morgan fingerprint density at radius 3 is 2.27 bits per heavy atom. The SMILES string of the molecule is Cc1ccc(NC(=O)Nc2cccc(-c3ccc(N4CCCCCC4)nn3)c2)cc1. The first-order valence-electron chi connectivity index (χ1n) is 10.5. The van der Waals surface area contributed by atoms with Gasteiger partial charge in [0.2, 0.25) is 0 Å². The van der Waals surface area contributed by atoms with Crippen LogP contribution >= 0.6 is 0 Å². The van der Waals surface area contributed by atoms with E-state index in [9.17, 15) is 4.79 Å². The summed E-state index contributed by atoms with van der Waals surface area (Å²) in [4.78, 5) is 14.6. The Balaban J connectivity index is 1.42. The number of hydrogen-bond donors (Lipinski definition) is 2. The van der Waals surface area contributed by atoms with Gasteiger partial charge in [0.05, 0.1) is 5.69 Å². The Labute approximate surface area is 177 Å². The van der Waals surface area contributed by atoms with Crippen molar-refractivity contribution in [3.8, 4) is 11.3 Å². The van der Waals surface area contributed by atoms with Gasteiger partial charge in [-0.25, -0.2) is 4.79 Å². The molecule has 0 aliphatic carbocycles. The molecule has 0 spiro atoms. The molecule has 6 heteroatoms. The minimum Gasteiger partial charge on any atom is -0.355 e. The van der Waals surface area contributed by atoms with Crippen LogP contribution in [0.25, 0.3) is 11.3 Å². The Hall–Kier alpha value is -3.41. The largest absolute Gasteiger partial charge is 0.355 e. The molecule has 2 N–H and O–H groups in total. The van der Waals surface area contributed by atoms with Gasteiger partial charge in [0.25, 0.3) is 0 Å². The molecule has 0 radical (unpaired) electrons. The molecule has 1 saturated heterocycles. The fourth-order valence-corrected chi connectivity index (χ4v) is 3.63. The van der Waals surface area contributed by atoms with Gasteiger partial charge in [-0.15, -0.1) is 10.2 Å². The molecule has 3 aromatic rings. The van der Waals surface area contributed by atoms with Gasteiger partial charge in [0.1, 0.15) is 0 Å². The van der Waals surface area contributed by atoms with Crippen LogP contribution in [-0.2, 0) is 0 Å². The van der Waals surface area contributed by atoms with Crippen LogP contribution in [0.2, 0.25) is 0 Å². The van der Waals surface area contributed by atoms with Gasteiger partial charge in [0, 0.05) is 30.0 Å². The van der Waals surface area contributed by atoms with Crippen molar-refractivity contribution in [2.45, 2.75) is 32.6 Å². The number of rotatable bonds is 4. The highest BCUT2D eigenvalue weighted by Gasteiger charge is 2.12. The molecule has 0 saturated carbocycles. The number of anilines is 3. The summed E-state index contributed by atoms with van der Waals surface area (Å²) in [5.41, 5.74) is 4.31. The topological polar surface area (TPSA) is 70.2 Å². The number of urea groups is 1. The monoisotopic (exact) mass is 401 g/mol. The minimum absolute atomic E-state index is 0.279. The molecule has 1 aliphatic heterocycles. The number of hydrogen-bond acceptors (Lipinski definition) is 4. The van der Waals surface area contributed by atoms with E-state index in [0.717, 1.165) is 41.4 Å². The maximum Gasteiger partial charge on any atom is 0.323 e. The second-order valence-corrected chi connectivity index (χ2v) is 7.70. The molecule has 0 bridgehead atoms. The van der Waals surface area contributed by atoms with Crippen LogP contribution in [0.1, 0.15) is 31.2 Å². The van der Waals surface area contributed by atoms with E-state index >= 15 is 0 Å². The second kappa shape index (κ2) is 9.39. The van der Waals surface area contributed by atoms with Crippen molar-refractivity contribution in [1.29, 1.82) is 0 Å². The molecule has 0 atom stereocenters. The average Bonchev–Trinajstić information content (AvgIpc) is 3.05. The van der Waals surface area contributed by atoms with Crippen molar-refractivity contribution < 1.29 is 4.79 Å². The van der Waals surface area contributed by atoms with Crippen LogP contribution in [0.3, 0.4) is 0 Å². The summed E-state index contributed by atoms with van der Waals surface area (Å²) in [6.07, 6.45) is 5.00. The van der Waals surface area contributed by atoms with E-state index in [1.807, 2.05) is 67.6 Å². The lowest BCUT2D eigenvalue weighted by Crippen LogP contribution is -2.25. The highest BCUT2D eigenvalue weighted by Crippen LogP contribution is 2.23. The maximum absolute atomic E-state index is 12.3. The van der Waals surface area contributed by atoms with E-state index in [0.29, 0.717) is 5.69 Å². The third-order valence-electron chi connectivity index (χ3n) is 5.31. The zero-order valence-corrected chi connectivity index (χ0v) is 17.3. The van der Waals surface area contributed by atoms with Crippen LogP contribution in [0.5, 0.6) is 0 Å². The maximum atomic E-state index is 12.3. The lowest BCUT2D eigenvalue weighted by Gasteiger charge is -2.20. The van der Waals surface area contributed by atoms with Crippen molar-refractivity contribution in [3.63, 3.8) is 0 Å². The van der Waals surface area contributed by atoms with Crippen molar-refractivity contribution in [2.24, 2.45) is 0 Å². The summed E-state index contributed by atoms with van der Waals surface area (Å²) in [6.45, 7) is 4.10. The fraction of sp³-hybridized carbons (Fsp3) is 0.292. The smallest absolute Gasteiger partial charge is 0.323 e. The normalized spacial score (nSPS) is 14.1. The number of carbonyl (C=O) groups is 1. The van der Waals surface area contributed by atoms with Crippen LogP contribution in [0.4, 0.5) is 22.0 Å². The second-order valence-electron chi connectivity index (χ2n) is 7.70. The molecule has 2 heterocycles. The first-order valence-corrected chi connectivity index (χ1v) is 10.5. The third-order valence-corrected chi connectivity index (χ3v) is 5.31. The number of amides is 2. The lowest BCUT2D eigenvalue weighted by atomic mass is 10.1. The minimum atomic E-state index is -0.279. The molecule has 6 nitrogen and oxygen atoms in total. The van der Waals surface area contributed by atoms with E-state index < -0.39 is 0 Å². The Bertz CT molecular complexity index is 977. The quantitative estimate of drug-likeness (QED) is 0.608. The number of nitrogens with one attached hydrogen (secondary N) is 2.